The van der Waals surface area contributed by atoms with Crippen LogP contribution in [0, 0.1) is 0 Å². The van der Waals surface area contributed by atoms with Crippen LogP contribution in [0.5, 0.6) is 0 Å². The predicted octanol–water partition coefficient (Wildman–Crippen LogP) is 8.27. The molecule has 208 valence electrons. The maximum atomic E-state index is 13.5. The second kappa shape index (κ2) is 10.5. The van der Waals surface area contributed by atoms with Crippen LogP contribution in [0.2, 0.25) is 18.1 Å². The molecule has 4 nitrogen and oxygen atoms in total. The molecule has 8 heteroatoms. The minimum Gasteiger partial charge on any atom is -0.413 e. The maximum absolute atomic E-state index is 13.5. The molecule has 1 N–H and O–H groups in total. The molecular weight excluding hydrogens is 517 g/mol. The largest absolute Gasteiger partial charge is 0.433 e. The Morgan fingerprint density at radius 2 is 1.64 bits per heavy atom. The molecule has 1 aliphatic carbocycles. The molecule has 0 aliphatic heterocycles. The highest BCUT2D eigenvalue weighted by Crippen LogP contribution is 2.46. The van der Waals surface area contributed by atoms with Gasteiger partial charge in [-0.3, -0.25) is 9.78 Å². The summed E-state index contributed by atoms with van der Waals surface area (Å²) in [5, 5.41) is 3.12. The summed E-state index contributed by atoms with van der Waals surface area (Å²) in [5.74, 6) is -0.115. The molecule has 0 radical (unpaired) electrons. The van der Waals surface area contributed by atoms with Crippen LogP contribution < -0.4 is 5.32 Å². The van der Waals surface area contributed by atoms with Crippen molar-refractivity contribution >= 4 is 14.2 Å². The van der Waals surface area contributed by atoms with Crippen molar-refractivity contribution < 1.29 is 22.4 Å². The Labute approximate surface area is 230 Å². The van der Waals surface area contributed by atoms with E-state index < -0.39 is 25.7 Å². The first-order valence-corrected chi connectivity index (χ1v) is 16.3. The average Bonchev–Trinajstić information content (AvgIpc) is 3.66. The van der Waals surface area contributed by atoms with Crippen molar-refractivity contribution in [2.24, 2.45) is 0 Å². The summed E-state index contributed by atoms with van der Waals surface area (Å²) in [6.07, 6.45) is -0.674. The van der Waals surface area contributed by atoms with E-state index in [-0.39, 0.29) is 17.6 Å². The van der Waals surface area contributed by atoms with Gasteiger partial charge in [0.25, 0.3) is 5.91 Å². The van der Waals surface area contributed by atoms with E-state index in [0.29, 0.717) is 16.7 Å². The third kappa shape index (κ3) is 6.44. The molecule has 0 bridgehead atoms. The van der Waals surface area contributed by atoms with Crippen molar-refractivity contribution in [3.63, 3.8) is 0 Å². The first-order chi connectivity index (χ1) is 18.1. The second-order valence-electron chi connectivity index (χ2n) is 11.9. The van der Waals surface area contributed by atoms with E-state index in [1.807, 2.05) is 48.5 Å². The van der Waals surface area contributed by atoms with Crippen LogP contribution in [0.4, 0.5) is 13.2 Å². The fourth-order valence-corrected chi connectivity index (χ4v) is 5.22. The minimum absolute atomic E-state index is 0.0737. The first-order valence-electron chi connectivity index (χ1n) is 13.4. The zero-order chi connectivity index (χ0) is 28.6. The monoisotopic (exact) mass is 554 g/mol. The maximum Gasteiger partial charge on any atom is 0.433 e. The van der Waals surface area contributed by atoms with Gasteiger partial charge in [-0.2, -0.15) is 13.2 Å². The molecule has 1 aromatic heterocycles. The number of hydrogen-bond donors (Lipinski definition) is 1. The lowest BCUT2D eigenvalue weighted by atomic mass is 9.97. The van der Waals surface area contributed by atoms with E-state index in [4.69, 9.17) is 4.43 Å². The van der Waals surface area contributed by atoms with Gasteiger partial charge in [-0.15, -0.1) is 0 Å². The predicted molar refractivity (Wildman–Crippen MR) is 151 cm³/mol. The molecule has 0 unspecified atom stereocenters. The van der Waals surface area contributed by atoms with Crippen molar-refractivity contribution in [2.75, 3.05) is 0 Å². The van der Waals surface area contributed by atoms with Gasteiger partial charge in [0, 0.05) is 17.3 Å². The van der Waals surface area contributed by atoms with Gasteiger partial charge in [0.1, 0.15) is 5.69 Å². The first kappa shape index (κ1) is 29.0. The normalized spacial score (nSPS) is 15.2. The fraction of sp³-hybridized carbons (Fsp3) is 0.419. The van der Waals surface area contributed by atoms with E-state index in [1.54, 1.807) is 0 Å². The van der Waals surface area contributed by atoms with Crippen molar-refractivity contribution in [3.05, 3.63) is 88.7 Å². The van der Waals surface area contributed by atoms with Crippen LogP contribution in [0.15, 0.2) is 60.8 Å². The lowest BCUT2D eigenvalue weighted by molar-refractivity contribution is -0.141. The zero-order valence-electron chi connectivity index (χ0n) is 23.5. The Balaban J connectivity index is 1.58. The Morgan fingerprint density at radius 1 is 1.03 bits per heavy atom. The van der Waals surface area contributed by atoms with Gasteiger partial charge >= 0.3 is 6.18 Å². The van der Waals surface area contributed by atoms with Crippen molar-refractivity contribution in [2.45, 2.75) is 83.4 Å². The number of nitrogens with zero attached hydrogens (tertiary/aromatic N) is 1. The number of nitrogens with one attached hydrogen (secondary N) is 1. The Hall–Kier alpha value is -2.97. The van der Waals surface area contributed by atoms with E-state index in [9.17, 15) is 18.0 Å². The number of rotatable bonds is 8. The van der Waals surface area contributed by atoms with E-state index in [2.05, 4.69) is 51.1 Å². The number of benzene rings is 2. The Bertz CT molecular complexity index is 1320. The molecule has 3 aromatic rings. The third-order valence-electron chi connectivity index (χ3n) is 8.15. The van der Waals surface area contributed by atoms with Gasteiger partial charge in [-0.05, 0) is 77.8 Å². The lowest BCUT2D eigenvalue weighted by Crippen LogP contribution is -2.40. The standard InChI is InChI=1S/C31H37F3N2O2Si/c1-7-21-8-10-23(11-9-21)28(37)36-30(16-17-30)25-14-12-22(13-15-25)26-19-35-27(31(32,33)34)18-24(26)20-38-39(5,6)29(2,3)4/h8-15,18-19H,7,16-17,20H2,1-6H3,(H,36,37). The third-order valence-corrected chi connectivity index (χ3v) is 12.6. The van der Waals surface area contributed by atoms with Gasteiger partial charge in [0.15, 0.2) is 8.32 Å². The summed E-state index contributed by atoms with van der Waals surface area (Å²) >= 11 is 0. The number of aryl methyl sites for hydroxylation is 1. The molecular formula is C31H37F3N2O2Si. The smallest absolute Gasteiger partial charge is 0.413 e. The average molecular weight is 555 g/mol. The van der Waals surface area contributed by atoms with Crippen LogP contribution in [0.1, 0.15) is 73.3 Å². The topological polar surface area (TPSA) is 51.2 Å². The number of hydrogen-bond acceptors (Lipinski definition) is 3. The highest BCUT2D eigenvalue weighted by Gasteiger charge is 2.45. The van der Waals surface area contributed by atoms with Gasteiger partial charge in [0.05, 0.1) is 12.1 Å². The summed E-state index contributed by atoms with van der Waals surface area (Å²) in [6, 6.07) is 16.4. The number of carbonyl (C=O) groups is 1. The quantitative estimate of drug-likeness (QED) is 0.285. The molecule has 1 heterocycles. The number of aromatic nitrogens is 1. The molecule has 1 saturated carbocycles. The minimum atomic E-state index is -4.54. The Kier molecular flexibility index (Phi) is 7.84. The molecule has 1 amide bonds. The lowest BCUT2D eigenvalue weighted by Gasteiger charge is -2.36. The van der Waals surface area contributed by atoms with E-state index in [0.717, 1.165) is 36.5 Å². The molecule has 0 spiro atoms. The molecule has 2 aromatic carbocycles. The number of pyridine rings is 1. The molecule has 4 rings (SSSR count). The highest BCUT2D eigenvalue weighted by atomic mass is 28.4. The number of halogens is 3. The molecule has 0 saturated heterocycles. The SMILES string of the molecule is CCc1ccc(C(=O)NC2(c3ccc(-c4cnc(C(F)(F)F)cc4CO[Si](C)(C)C(C)(C)C)cc3)CC2)cc1. The van der Waals surface area contributed by atoms with Crippen molar-refractivity contribution in [1.82, 2.24) is 10.3 Å². The molecule has 39 heavy (non-hydrogen) atoms. The molecule has 1 aliphatic rings. The highest BCUT2D eigenvalue weighted by molar-refractivity contribution is 6.74. The van der Waals surface area contributed by atoms with Gasteiger partial charge in [0.2, 0.25) is 0 Å². The van der Waals surface area contributed by atoms with E-state index in [1.165, 1.54) is 11.8 Å². The van der Waals surface area contributed by atoms with Crippen molar-refractivity contribution in [1.29, 1.82) is 0 Å². The van der Waals surface area contributed by atoms with Crippen LogP contribution in [0.25, 0.3) is 11.1 Å². The second-order valence-corrected chi connectivity index (χ2v) is 16.7. The Morgan fingerprint density at radius 3 is 2.15 bits per heavy atom. The number of alkyl halides is 3. The van der Waals surface area contributed by atoms with Crippen LogP contribution >= 0.6 is 0 Å². The van der Waals surface area contributed by atoms with Crippen molar-refractivity contribution in [3.8, 4) is 11.1 Å². The van der Waals surface area contributed by atoms with E-state index >= 15 is 0 Å². The van der Waals surface area contributed by atoms with Gasteiger partial charge in [-0.25, -0.2) is 0 Å². The zero-order valence-corrected chi connectivity index (χ0v) is 24.5. The van der Waals surface area contributed by atoms with Gasteiger partial charge in [-0.1, -0.05) is 64.1 Å². The molecule has 1 fully saturated rings. The summed E-state index contributed by atoms with van der Waals surface area (Å²) < 4.78 is 46.8. The fourth-order valence-electron chi connectivity index (χ4n) is 4.27. The summed E-state index contributed by atoms with van der Waals surface area (Å²) in [4.78, 5) is 16.6. The van der Waals surface area contributed by atoms with Crippen LogP contribution in [-0.2, 0) is 29.2 Å². The van der Waals surface area contributed by atoms with Crippen LogP contribution in [-0.4, -0.2) is 19.2 Å². The number of amides is 1. The van der Waals surface area contributed by atoms with Gasteiger partial charge < -0.3 is 9.74 Å². The van der Waals surface area contributed by atoms with Crippen LogP contribution in [0.3, 0.4) is 0 Å². The summed E-state index contributed by atoms with van der Waals surface area (Å²) in [5.41, 5.74) is 3.25. The number of carbonyl (C=O) groups excluding carboxylic acids is 1. The summed E-state index contributed by atoms with van der Waals surface area (Å²) in [6.45, 7) is 12.6. The molecule has 0 atom stereocenters. The summed E-state index contributed by atoms with van der Waals surface area (Å²) in [7, 11) is -2.19.